The fourth-order valence-electron chi connectivity index (χ4n) is 0.995. The molecule has 0 saturated carbocycles. The summed E-state index contributed by atoms with van der Waals surface area (Å²) < 4.78 is 0. The minimum Gasteiger partial charge on any atom is -0.387 e. The van der Waals surface area contributed by atoms with Gasteiger partial charge in [0.25, 0.3) is 0 Å². The van der Waals surface area contributed by atoms with Crippen molar-refractivity contribution in [3.63, 3.8) is 0 Å². The first-order chi connectivity index (χ1) is 6.22. The second-order valence-electron chi connectivity index (χ2n) is 3.49. The first-order valence-electron chi connectivity index (χ1n) is 4.59. The standard InChI is InChI=1S/C10H17N3/c1-8(2)5-13-10-4-9(11-3)6-12-7-10/h4,6-8,11,13H,5H2,1-3H3. The quantitative estimate of drug-likeness (QED) is 0.744. The molecule has 0 unspecified atom stereocenters. The van der Waals surface area contributed by atoms with Crippen molar-refractivity contribution in [3.8, 4) is 0 Å². The summed E-state index contributed by atoms with van der Waals surface area (Å²) in [4.78, 5) is 4.11. The predicted molar refractivity (Wildman–Crippen MR) is 57.1 cm³/mol. The SMILES string of the molecule is CNc1cncc(NCC(C)C)c1. The van der Waals surface area contributed by atoms with Crippen LogP contribution < -0.4 is 10.6 Å². The molecular formula is C10H17N3. The maximum Gasteiger partial charge on any atom is 0.0547 e. The number of aromatic nitrogens is 1. The molecule has 1 heterocycles. The molecule has 1 aromatic rings. The van der Waals surface area contributed by atoms with Crippen molar-refractivity contribution in [2.24, 2.45) is 5.92 Å². The molecular weight excluding hydrogens is 162 g/mol. The number of anilines is 2. The van der Waals surface area contributed by atoms with E-state index in [1.54, 1.807) is 6.20 Å². The van der Waals surface area contributed by atoms with Crippen molar-refractivity contribution >= 4 is 11.4 Å². The van der Waals surface area contributed by atoms with Crippen molar-refractivity contribution in [1.82, 2.24) is 4.98 Å². The molecule has 2 N–H and O–H groups in total. The fourth-order valence-corrected chi connectivity index (χ4v) is 0.995. The van der Waals surface area contributed by atoms with E-state index >= 15 is 0 Å². The number of hydrogen-bond donors (Lipinski definition) is 2. The van der Waals surface area contributed by atoms with Gasteiger partial charge in [0, 0.05) is 13.6 Å². The van der Waals surface area contributed by atoms with Gasteiger partial charge in [-0.25, -0.2) is 0 Å². The lowest BCUT2D eigenvalue weighted by Gasteiger charge is -2.09. The third kappa shape index (κ3) is 3.32. The van der Waals surface area contributed by atoms with Gasteiger partial charge in [0.15, 0.2) is 0 Å². The highest BCUT2D eigenvalue weighted by atomic mass is 14.9. The molecule has 0 radical (unpaired) electrons. The van der Waals surface area contributed by atoms with Crippen LogP contribution in [0.25, 0.3) is 0 Å². The van der Waals surface area contributed by atoms with E-state index in [9.17, 15) is 0 Å². The molecule has 0 spiro atoms. The molecule has 0 fully saturated rings. The minimum absolute atomic E-state index is 0.651. The molecule has 1 aromatic heterocycles. The van der Waals surface area contributed by atoms with Crippen molar-refractivity contribution in [2.45, 2.75) is 13.8 Å². The molecule has 0 saturated heterocycles. The van der Waals surface area contributed by atoms with E-state index < -0.39 is 0 Å². The molecule has 0 aliphatic heterocycles. The van der Waals surface area contributed by atoms with Crippen LogP contribution in [0, 0.1) is 5.92 Å². The van der Waals surface area contributed by atoms with E-state index in [1.165, 1.54) is 0 Å². The zero-order chi connectivity index (χ0) is 9.68. The van der Waals surface area contributed by atoms with E-state index in [2.05, 4.69) is 35.5 Å². The Kier molecular flexibility index (Phi) is 3.55. The molecule has 3 heteroatoms. The molecule has 0 aromatic carbocycles. The lowest BCUT2D eigenvalue weighted by Crippen LogP contribution is -2.08. The number of pyridine rings is 1. The van der Waals surface area contributed by atoms with Crippen LogP contribution >= 0.6 is 0 Å². The average Bonchev–Trinajstić information content (AvgIpc) is 2.15. The Hall–Kier alpha value is -1.25. The molecule has 1 rings (SSSR count). The first kappa shape index (κ1) is 9.84. The monoisotopic (exact) mass is 179 g/mol. The summed E-state index contributed by atoms with van der Waals surface area (Å²) in [7, 11) is 1.89. The molecule has 0 atom stereocenters. The summed E-state index contributed by atoms with van der Waals surface area (Å²) in [5, 5.41) is 6.37. The van der Waals surface area contributed by atoms with Gasteiger partial charge in [0.2, 0.25) is 0 Å². The second kappa shape index (κ2) is 4.70. The van der Waals surface area contributed by atoms with Crippen molar-refractivity contribution in [3.05, 3.63) is 18.5 Å². The van der Waals surface area contributed by atoms with E-state index in [4.69, 9.17) is 0 Å². The number of rotatable bonds is 4. The van der Waals surface area contributed by atoms with Crippen molar-refractivity contribution in [1.29, 1.82) is 0 Å². The van der Waals surface area contributed by atoms with E-state index in [1.807, 2.05) is 13.2 Å². The largest absolute Gasteiger partial charge is 0.387 e. The van der Waals surface area contributed by atoms with Gasteiger partial charge in [-0.15, -0.1) is 0 Å². The van der Waals surface area contributed by atoms with Gasteiger partial charge in [0.05, 0.1) is 23.8 Å². The second-order valence-corrected chi connectivity index (χ2v) is 3.49. The highest BCUT2D eigenvalue weighted by molar-refractivity contribution is 5.53. The van der Waals surface area contributed by atoms with E-state index in [0.717, 1.165) is 17.9 Å². The third-order valence-electron chi connectivity index (χ3n) is 1.74. The lowest BCUT2D eigenvalue weighted by molar-refractivity contribution is 0.688. The lowest BCUT2D eigenvalue weighted by atomic mass is 10.2. The first-order valence-corrected chi connectivity index (χ1v) is 4.59. The van der Waals surface area contributed by atoms with Gasteiger partial charge in [-0.3, -0.25) is 4.98 Å². The van der Waals surface area contributed by atoms with E-state index in [-0.39, 0.29) is 0 Å². The molecule has 13 heavy (non-hydrogen) atoms. The normalized spacial score (nSPS) is 10.2. The van der Waals surface area contributed by atoms with Crippen molar-refractivity contribution in [2.75, 3.05) is 24.2 Å². The Balaban J connectivity index is 2.56. The molecule has 0 bridgehead atoms. The van der Waals surface area contributed by atoms with E-state index in [0.29, 0.717) is 5.92 Å². The van der Waals surface area contributed by atoms with Gasteiger partial charge in [-0.2, -0.15) is 0 Å². The zero-order valence-corrected chi connectivity index (χ0v) is 8.46. The average molecular weight is 179 g/mol. The molecule has 3 nitrogen and oxygen atoms in total. The van der Waals surface area contributed by atoms with Crippen LogP contribution in [0.5, 0.6) is 0 Å². The van der Waals surface area contributed by atoms with Crippen LogP contribution in [-0.4, -0.2) is 18.6 Å². The Morgan fingerprint density at radius 3 is 2.62 bits per heavy atom. The maximum atomic E-state index is 4.11. The van der Waals surface area contributed by atoms with Gasteiger partial charge in [-0.1, -0.05) is 13.8 Å². The van der Waals surface area contributed by atoms with Gasteiger partial charge in [-0.05, 0) is 12.0 Å². The Labute approximate surface area is 79.6 Å². The summed E-state index contributed by atoms with van der Waals surface area (Å²) in [5.41, 5.74) is 2.11. The highest BCUT2D eigenvalue weighted by Gasteiger charge is 1.96. The maximum absolute atomic E-state index is 4.11. The van der Waals surface area contributed by atoms with Crippen LogP contribution in [-0.2, 0) is 0 Å². The number of nitrogens with one attached hydrogen (secondary N) is 2. The van der Waals surface area contributed by atoms with Crippen LogP contribution in [0.4, 0.5) is 11.4 Å². The van der Waals surface area contributed by atoms with Crippen LogP contribution in [0.2, 0.25) is 0 Å². The van der Waals surface area contributed by atoms with Gasteiger partial charge in [0.1, 0.15) is 0 Å². The molecule has 0 aliphatic carbocycles. The summed E-state index contributed by atoms with van der Waals surface area (Å²) >= 11 is 0. The molecule has 72 valence electrons. The van der Waals surface area contributed by atoms with Crippen LogP contribution in [0.1, 0.15) is 13.8 Å². The Morgan fingerprint density at radius 2 is 2.00 bits per heavy atom. The topological polar surface area (TPSA) is 37.0 Å². The minimum atomic E-state index is 0.651. The van der Waals surface area contributed by atoms with Crippen LogP contribution in [0.3, 0.4) is 0 Å². The number of hydrogen-bond acceptors (Lipinski definition) is 3. The predicted octanol–water partition coefficient (Wildman–Crippen LogP) is 2.19. The summed E-state index contributed by atoms with van der Waals surface area (Å²) in [6.45, 7) is 5.35. The fraction of sp³-hybridized carbons (Fsp3) is 0.500. The summed E-state index contributed by atoms with van der Waals surface area (Å²) in [6.07, 6.45) is 3.64. The summed E-state index contributed by atoms with van der Waals surface area (Å²) in [6, 6.07) is 2.05. The van der Waals surface area contributed by atoms with Crippen LogP contribution in [0.15, 0.2) is 18.5 Å². The Bertz CT molecular complexity index is 258. The molecule has 0 amide bonds. The Morgan fingerprint density at radius 1 is 1.31 bits per heavy atom. The highest BCUT2D eigenvalue weighted by Crippen LogP contribution is 2.12. The van der Waals surface area contributed by atoms with Gasteiger partial charge >= 0.3 is 0 Å². The summed E-state index contributed by atoms with van der Waals surface area (Å²) in [5.74, 6) is 0.651. The van der Waals surface area contributed by atoms with Gasteiger partial charge < -0.3 is 10.6 Å². The third-order valence-corrected chi connectivity index (χ3v) is 1.74. The number of nitrogens with zero attached hydrogens (tertiary/aromatic N) is 1. The zero-order valence-electron chi connectivity index (χ0n) is 8.46. The van der Waals surface area contributed by atoms with Crippen molar-refractivity contribution < 1.29 is 0 Å². The molecule has 0 aliphatic rings. The smallest absolute Gasteiger partial charge is 0.0547 e.